The van der Waals surface area contributed by atoms with E-state index in [-0.39, 0.29) is 6.17 Å². The summed E-state index contributed by atoms with van der Waals surface area (Å²) < 4.78 is 0. The van der Waals surface area contributed by atoms with Gasteiger partial charge in [0.2, 0.25) is 6.41 Å². The molecule has 64 valence electrons. The first-order valence-electron chi connectivity index (χ1n) is 3.99. The quantitative estimate of drug-likeness (QED) is 0.516. The molecular weight excluding hydrogens is 142 g/mol. The summed E-state index contributed by atoms with van der Waals surface area (Å²) in [5.41, 5.74) is 0. The van der Waals surface area contributed by atoms with Gasteiger partial charge in [0.15, 0.2) is 0 Å². The van der Waals surface area contributed by atoms with Crippen LogP contribution in [0.4, 0.5) is 0 Å². The Labute approximate surface area is 66.9 Å². The van der Waals surface area contributed by atoms with E-state index < -0.39 is 0 Å². The van der Waals surface area contributed by atoms with Crippen molar-refractivity contribution in [2.75, 3.05) is 26.2 Å². The summed E-state index contributed by atoms with van der Waals surface area (Å²) >= 11 is 0. The topological polar surface area (TPSA) is 44.4 Å². The number of hydrogen-bond acceptors (Lipinski definition) is 3. The molecular formula is C7H15N3O. The van der Waals surface area contributed by atoms with Crippen LogP contribution < -0.4 is 10.6 Å². The van der Waals surface area contributed by atoms with Gasteiger partial charge >= 0.3 is 0 Å². The molecule has 1 amide bonds. The normalized spacial score (nSPS) is 22.6. The predicted octanol–water partition coefficient (Wildman–Crippen LogP) is -1.02. The minimum Gasteiger partial charge on any atom is -0.343 e. The Balaban J connectivity index is 2.26. The van der Waals surface area contributed by atoms with Gasteiger partial charge < -0.3 is 10.6 Å². The van der Waals surface area contributed by atoms with Crippen molar-refractivity contribution in [1.29, 1.82) is 0 Å². The smallest absolute Gasteiger partial charge is 0.208 e. The van der Waals surface area contributed by atoms with Gasteiger partial charge in [0.05, 0.1) is 6.17 Å². The molecule has 11 heavy (non-hydrogen) atoms. The minimum atomic E-state index is 0.176. The molecule has 0 radical (unpaired) electrons. The van der Waals surface area contributed by atoms with Crippen molar-refractivity contribution in [3.8, 4) is 0 Å². The molecule has 1 unspecified atom stereocenters. The summed E-state index contributed by atoms with van der Waals surface area (Å²) in [7, 11) is 0. The van der Waals surface area contributed by atoms with Crippen molar-refractivity contribution in [2.24, 2.45) is 0 Å². The van der Waals surface area contributed by atoms with Gasteiger partial charge in [-0.1, -0.05) is 0 Å². The molecule has 0 aromatic heterocycles. The van der Waals surface area contributed by atoms with Crippen molar-refractivity contribution in [3.05, 3.63) is 0 Å². The first-order valence-corrected chi connectivity index (χ1v) is 3.99. The van der Waals surface area contributed by atoms with Crippen molar-refractivity contribution < 1.29 is 4.79 Å². The van der Waals surface area contributed by atoms with Crippen molar-refractivity contribution in [3.63, 3.8) is 0 Å². The first-order chi connectivity index (χ1) is 5.34. The lowest BCUT2D eigenvalue weighted by atomic mass is 10.3. The Hall–Kier alpha value is -0.610. The van der Waals surface area contributed by atoms with Crippen LogP contribution >= 0.6 is 0 Å². The molecule has 0 aliphatic carbocycles. The molecule has 4 heteroatoms. The third-order valence-corrected chi connectivity index (χ3v) is 2.01. The number of amides is 1. The molecule has 4 nitrogen and oxygen atoms in total. The summed E-state index contributed by atoms with van der Waals surface area (Å²) in [6, 6.07) is 0. The van der Waals surface area contributed by atoms with Gasteiger partial charge in [0.1, 0.15) is 0 Å². The highest BCUT2D eigenvalue weighted by Gasteiger charge is 2.14. The van der Waals surface area contributed by atoms with Gasteiger partial charge in [-0.25, -0.2) is 0 Å². The fourth-order valence-corrected chi connectivity index (χ4v) is 1.27. The van der Waals surface area contributed by atoms with Crippen LogP contribution in [-0.4, -0.2) is 43.7 Å². The molecule has 1 atom stereocenters. The van der Waals surface area contributed by atoms with E-state index in [9.17, 15) is 4.79 Å². The van der Waals surface area contributed by atoms with Gasteiger partial charge in [-0.15, -0.1) is 0 Å². The predicted molar refractivity (Wildman–Crippen MR) is 43.1 cm³/mol. The van der Waals surface area contributed by atoms with E-state index in [4.69, 9.17) is 0 Å². The fourth-order valence-electron chi connectivity index (χ4n) is 1.27. The number of piperazine rings is 1. The van der Waals surface area contributed by atoms with E-state index in [0.717, 1.165) is 32.6 Å². The van der Waals surface area contributed by atoms with Gasteiger partial charge in [-0.3, -0.25) is 9.69 Å². The molecule has 1 rings (SSSR count). The van der Waals surface area contributed by atoms with E-state index in [2.05, 4.69) is 15.5 Å². The zero-order valence-electron chi connectivity index (χ0n) is 6.84. The number of carbonyl (C=O) groups excluding carboxylic acids is 1. The SMILES string of the molecule is CC(NC=O)N1CCNCC1. The molecule has 0 aromatic rings. The molecule has 0 saturated carbocycles. The van der Waals surface area contributed by atoms with Crippen LogP contribution in [0, 0.1) is 0 Å². The van der Waals surface area contributed by atoms with E-state index in [1.54, 1.807) is 0 Å². The van der Waals surface area contributed by atoms with Crippen LogP contribution in [-0.2, 0) is 4.79 Å². The van der Waals surface area contributed by atoms with E-state index >= 15 is 0 Å². The molecule has 1 heterocycles. The van der Waals surface area contributed by atoms with Crippen LogP contribution in [0.3, 0.4) is 0 Å². The zero-order chi connectivity index (χ0) is 8.10. The molecule has 0 spiro atoms. The minimum absolute atomic E-state index is 0.176. The van der Waals surface area contributed by atoms with Crippen LogP contribution in [0.1, 0.15) is 6.92 Å². The lowest BCUT2D eigenvalue weighted by molar-refractivity contribution is -0.111. The zero-order valence-corrected chi connectivity index (χ0v) is 6.84. The average molecular weight is 157 g/mol. The summed E-state index contributed by atoms with van der Waals surface area (Å²) in [5.74, 6) is 0. The highest BCUT2D eigenvalue weighted by Crippen LogP contribution is 1.96. The second kappa shape index (κ2) is 4.31. The van der Waals surface area contributed by atoms with Crippen LogP contribution in [0.25, 0.3) is 0 Å². The highest BCUT2D eigenvalue weighted by atomic mass is 16.1. The Morgan fingerprint density at radius 1 is 1.55 bits per heavy atom. The molecule has 1 aliphatic rings. The maximum absolute atomic E-state index is 10.1. The highest BCUT2D eigenvalue weighted by molar-refractivity contribution is 5.46. The van der Waals surface area contributed by atoms with Gasteiger partial charge in [-0.05, 0) is 6.92 Å². The number of nitrogens with one attached hydrogen (secondary N) is 2. The largest absolute Gasteiger partial charge is 0.343 e. The standard InChI is InChI=1S/C7H15N3O/c1-7(9-6-11)10-4-2-8-3-5-10/h6-8H,2-5H2,1H3,(H,9,11). The van der Waals surface area contributed by atoms with Crippen molar-refractivity contribution in [1.82, 2.24) is 15.5 Å². The molecule has 1 aliphatic heterocycles. The summed E-state index contributed by atoms with van der Waals surface area (Å²) in [5, 5.41) is 5.99. The van der Waals surface area contributed by atoms with Gasteiger partial charge in [0.25, 0.3) is 0 Å². The second-order valence-electron chi connectivity index (χ2n) is 2.75. The maximum atomic E-state index is 10.1. The number of nitrogens with zero attached hydrogens (tertiary/aromatic N) is 1. The Kier molecular flexibility index (Phi) is 3.32. The van der Waals surface area contributed by atoms with Crippen LogP contribution in [0.15, 0.2) is 0 Å². The van der Waals surface area contributed by atoms with E-state index in [1.807, 2.05) is 6.92 Å². The van der Waals surface area contributed by atoms with Gasteiger partial charge in [-0.2, -0.15) is 0 Å². The molecule has 0 aromatic carbocycles. The Bertz CT molecular complexity index is 123. The summed E-state index contributed by atoms with van der Waals surface area (Å²) in [6.45, 7) is 6.07. The molecule has 1 fully saturated rings. The van der Waals surface area contributed by atoms with Crippen molar-refractivity contribution >= 4 is 6.41 Å². The fraction of sp³-hybridized carbons (Fsp3) is 0.857. The van der Waals surface area contributed by atoms with E-state index in [1.165, 1.54) is 0 Å². The average Bonchev–Trinajstić information content (AvgIpc) is 2.07. The monoisotopic (exact) mass is 157 g/mol. The third kappa shape index (κ3) is 2.48. The summed E-state index contributed by atoms with van der Waals surface area (Å²) in [6.07, 6.45) is 0.932. The maximum Gasteiger partial charge on any atom is 0.208 e. The third-order valence-electron chi connectivity index (χ3n) is 2.01. The number of hydrogen-bond donors (Lipinski definition) is 2. The van der Waals surface area contributed by atoms with E-state index in [0.29, 0.717) is 0 Å². The first kappa shape index (κ1) is 8.49. The lowest BCUT2D eigenvalue weighted by Gasteiger charge is -2.32. The van der Waals surface area contributed by atoms with Crippen molar-refractivity contribution in [2.45, 2.75) is 13.1 Å². The molecule has 1 saturated heterocycles. The molecule has 2 N–H and O–H groups in total. The number of carbonyl (C=O) groups is 1. The molecule has 0 bridgehead atoms. The summed E-state index contributed by atoms with van der Waals surface area (Å²) in [4.78, 5) is 12.3. The Morgan fingerprint density at radius 3 is 2.73 bits per heavy atom. The van der Waals surface area contributed by atoms with Crippen LogP contribution in [0.5, 0.6) is 0 Å². The van der Waals surface area contributed by atoms with Gasteiger partial charge in [0, 0.05) is 26.2 Å². The Morgan fingerprint density at radius 2 is 2.18 bits per heavy atom. The van der Waals surface area contributed by atoms with Crippen LogP contribution in [0.2, 0.25) is 0 Å². The second-order valence-corrected chi connectivity index (χ2v) is 2.75. The lowest BCUT2D eigenvalue weighted by Crippen LogP contribution is -2.52. The number of rotatable bonds is 3.